The minimum atomic E-state index is 0.421. The monoisotopic (exact) mass is 197 g/mol. The van der Waals surface area contributed by atoms with Gasteiger partial charge in [-0.05, 0) is 36.0 Å². The standard InChI is InChI=1S/C13H27N/c1-6-11-7-9(4)13(14)10(5)12(11)8(2)3/h8-13H,6-7,14H2,1-5H3. The SMILES string of the molecule is CCC1CC(C)C(N)C(C)C1C(C)C. The Morgan fingerprint density at radius 2 is 1.86 bits per heavy atom. The third-order valence-corrected chi connectivity index (χ3v) is 4.38. The van der Waals surface area contributed by atoms with Crippen molar-refractivity contribution >= 4 is 0 Å². The second-order valence-electron chi connectivity index (χ2n) is 5.64. The predicted octanol–water partition coefficient (Wildman–Crippen LogP) is 3.29. The van der Waals surface area contributed by atoms with E-state index in [-0.39, 0.29) is 0 Å². The Hall–Kier alpha value is -0.0400. The van der Waals surface area contributed by atoms with Gasteiger partial charge in [-0.15, -0.1) is 0 Å². The fourth-order valence-corrected chi connectivity index (χ4v) is 3.59. The van der Waals surface area contributed by atoms with E-state index >= 15 is 0 Å². The molecular weight excluding hydrogens is 170 g/mol. The lowest BCUT2D eigenvalue weighted by atomic mass is 9.62. The largest absolute Gasteiger partial charge is 0.327 e. The molecule has 0 saturated heterocycles. The van der Waals surface area contributed by atoms with Gasteiger partial charge in [-0.1, -0.05) is 41.0 Å². The van der Waals surface area contributed by atoms with E-state index in [4.69, 9.17) is 5.73 Å². The van der Waals surface area contributed by atoms with E-state index < -0.39 is 0 Å². The molecule has 1 nitrogen and oxygen atoms in total. The van der Waals surface area contributed by atoms with Gasteiger partial charge < -0.3 is 5.73 Å². The average molecular weight is 197 g/mol. The molecule has 84 valence electrons. The van der Waals surface area contributed by atoms with Crippen molar-refractivity contribution in [3.05, 3.63) is 0 Å². The van der Waals surface area contributed by atoms with Gasteiger partial charge >= 0.3 is 0 Å². The lowest BCUT2D eigenvalue weighted by molar-refractivity contribution is 0.0616. The van der Waals surface area contributed by atoms with Crippen molar-refractivity contribution in [2.45, 2.75) is 53.5 Å². The fourth-order valence-electron chi connectivity index (χ4n) is 3.59. The predicted molar refractivity (Wildman–Crippen MR) is 63.0 cm³/mol. The highest BCUT2D eigenvalue weighted by Gasteiger charge is 2.39. The van der Waals surface area contributed by atoms with Crippen LogP contribution in [0.3, 0.4) is 0 Å². The molecular formula is C13H27N. The molecule has 14 heavy (non-hydrogen) atoms. The van der Waals surface area contributed by atoms with Crippen molar-refractivity contribution in [3.8, 4) is 0 Å². The van der Waals surface area contributed by atoms with Crippen LogP contribution in [0.25, 0.3) is 0 Å². The summed E-state index contributed by atoms with van der Waals surface area (Å²) in [6.07, 6.45) is 2.66. The summed E-state index contributed by atoms with van der Waals surface area (Å²) < 4.78 is 0. The molecule has 5 atom stereocenters. The van der Waals surface area contributed by atoms with E-state index in [1.54, 1.807) is 0 Å². The summed E-state index contributed by atoms with van der Waals surface area (Å²) in [6.45, 7) is 11.7. The second-order valence-corrected chi connectivity index (χ2v) is 5.64. The number of hydrogen-bond acceptors (Lipinski definition) is 1. The van der Waals surface area contributed by atoms with E-state index in [0.29, 0.717) is 17.9 Å². The number of hydrogen-bond donors (Lipinski definition) is 1. The molecule has 0 aliphatic heterocycles. The van der Waals surface area contributed by atoms with Crippen molar-refractivity contribution in [1.29, 1.82) is 0 Å². The Kier molecular flexibility index (Phi) is 4.00. The summed E-state index contributed by atoms with van der Waals surface area (Å²) in [7, 11) is 0. The second kappa shape index (κ2) is 4.65. The van der Waals surface area contributed by atoms with Crippen LogP contribution in [0.1, 0.15) is 47.5 Å². The molecule has 1 aliphatic rings. The summed E-state index contributed by atoms with van der Waals surface area (Å²) >= 11 is 0. The Bertz CT molecular complexity index is 174. The fraction of sp³-hybridized carbons (Fsp3) is 1.00. The Labute approximate surface area is 89.5 Å². The van der Waals surface area contributed by atoms with Crippen LogP contribution in [0, 0.1) is 29.6 Å². The lowest BCUT2D eigenvalue weighted by Gasteiger charge is -2.45. The van der Waals surface area contributed by atoms with Crippen LogP contribution in [0.4, 0.5) is 0 Å². The first-order chi connectivity index (χ1) is 6.49. The van der Waals surface area contributed by atoms with Crippen molar-refractivity contribution in [2.24, 2.45) is 35.3 Å². The first kappa shape index (κ1) is 12.0. The maximum Gasteiger partial charge on any atom is 0.00933 e. The first-order valence-corrected chi connectivity index (χ1v) is 6.24. The molecule has 0 aromatic rings. The van der Waals surface area contributed by atoms with Gasteiger partial charge in [0.25, 0.3) is 0 Å². The Morgan fingerprint density at radius 1 is 1.29 bits per heavy atom. The van der Waals surface area contributed by atoms with Gasteiger partial charge in [0.2, 0.25) is 0 Å². The molecule has 1 fully saturated rings. The van der Waals surface area contributed by atoms with E-state index in [9.17, 15) is 0 Å². The maximum atomic E-state index is 6.27. The van der Waals surface area contributed by atoms with Crippen LogP contribution in [0.2, 0.25) is 0 Å². The molecule has 1 saturated carbocycles. The summed E-state index contributed by atoms with van der Waals surface area (Å²) in [5.41, 5.74) is 6.27. The van der Waals surface area contributed by atoms with Gasteiger partial charge in [-0.3, -0.25) is 0 Å². The van der Waals surface area contributed by atoms with Crippen molar-refractivity contribution < 1.29 is 0 Å². The average Bonchev–Trinajstić information content (AvgIpc) is 2.12. The zero-order valence-corrected chi connectivity index (χ0v) is 10.5. The quantitative estimate of drug-likeness (QED) is 0.722. The van der Waals surface area contributed by atoms with Gasteiger partial charge in [0.15, 0.2) is 0 Å². The van der Waals surface area contributed by atoms with E-state index in [0.717, 1.165) is 17.8 Å². The van der Waals surface area contributed by atoms with E-state index in [1.807, 2.05) is 0 Å². The van der Waals surface area contributed by atoms with Gasteiger partial charge in [0.1, 0.15) is 0 Å². The Morgan fingerprint density at radius 3 is 2.29 bits per heavy atom. The zero-order chi connectivity index (χ0) is 10.9. The summed E-state index contributed by atoms with van der Waals surface area (Å²) in [5, 5.41) is 0. The van der Waals surface area contributed by atoms with Crippen molar-refractivity contribution in [3.63, 3.8) is 0 Å². The molecule has 1 aliphatic carbocycles. The molecule has 0 aromatic heterocycles. The van der Waals surface area contributed by atoms with Crippen LogP contribution in [-0.2, 0) is 0 Å². The van der Waals surface area contributed by atoms with E-state index in [1.165, 1.54) is 12.8 Å². The lowest BCUT2D eigenvalue weighted by Crippen LogP contribution is -2.48. The normalized spacial score (nSPS) is 44.4. The highest BCUT2D eigenvalue weighted by molar-refractivity contribution is 4.91. The molecule has 0 amide bonds. The molecule has 5 unspecified atom stereocenters. The molecule has 1 rings (SSSR count). The first-order valence-electron chi connectivity index (χ1n) is 6.24. The maximum absolute atomic E-state index is 6.27. The van der Waals surface area contributed by atoms with Crippen molar-refractivity contribution in [2.75, 3.05) is 0 Å². The summed E-state index contributed by atoms with van der Waals surface area (Å²) in [4.78, 5) is 0. The van der Waals surface area contributed by atoms with Crippen LogP contribution in [0.15, 0.2) is 0 Å². The third-order valence-electron chi connectivity index (χ3n) is 4.38. The summed E-state index contributed by atoms with van der Waals surface area (Å²) in [6, 6.07) is 0.421. The molecule has 0 spiro atoms. The van der Waals surface area contributed by atoms with Gasteiger partial charge in [-0.2, -0.15) is 0 Å². The van der Waals surface area contributed by atoms with Gasteiger partial charge in [0, 0.05) is 6.04 Å². The molecule has 0 bridgehead atoms. The molecule has 0 aromatic carbocycles. The minimum Gasteiger partial charge on any atom is -0.327 e. The zero-order valence-electron chi connectivity index (χ0n) is 10.5. The highest BCUT2D eigenvalue weighted by atomic mass is 14.7. The summed E-state index contributed by atoms with van der Waals surface area (Å²) in [5.74, 6) is 3.94. The number of rotatable bonds is 2. The van der Waals surface area contributed by atoms with Crippen LogP contribution in [0.5, 0.6) is 0 Å². The molecule has 0 radical (unpaired) electrons. The van der Waals surface area contributed by atoms with Crippen LogP contribution in [-0.4, -0.2) is 6.04 Å². The molecule has 0 heterocycles. The van der Waals surface area contributed by atoms with Crippen molar-refractivity contribution in [1.82, 2.24) is 0 Å². The minimum absolute atomic E-state index is 0.421. The van der Waals surface area contributed by atoms with Crippen LogP contribution >= 0.6 is 0 Å². The van der Waals surface area contributed by atoms with E-state index in [2.05, 4.69) is 34.6 Å². The topological polar surface area (TPSA) is 26.0 Å². The highest BCUT2D eigenvalue weighted by Crippen LogP contribution is 2.42. The molecule has 1 heteroatoms. The van der Waals surface area contributed by atoms with Gasteiger partial charge in [-0.25, -0.2) is 0 Å². The van der Waals surface area contributed by atoms with Gasteiger partial charge in [0.05, 0.1) is 0 Å². The smallest absolute Gasteiger partial charge is 0.00933 e. The van der Waals surface area contributed by atoms with Crippen LogP contribution < -0.4 is 5.73 Å². The third kappa shape index (κ3) is 2.13. The molecule has 2 N–H and O–H groups in total. The number of nitrogens with two attached hydrogens (primary N) is 1. The Balaban J connectivity index is 2.78.